The zero-order chi connectivity index (χ0) is 21.0. The van der Waals surface area contributed by atoms with Crippen LogP contribution in [-0.4, -0.2) is 46.8 Å². The first-order valence-corrected chi connectivity index (χ1v) is 10.7. The number of benzene rings is 1. The van der Waals surface area contributed by atoms with Crippen molar-refractivity contribution in [3.63, 3.8) is 0 Å². The molecule has 2 atom stereocenters. The van der Waals surface area contributed by atoms with Crippen molar-refractivity contribution in [1.29, 1.82) is 0 Å². The molecule has 28 heavy (non-hydrogen) atoms. The highest BCUT2D eigenvalue weighted by Crippen LogP contribution is 2.42. The Bertz CT molecular complexity index is 575. The minimum atomic E-state index is -0.790. The molecule has 0 aromatic heterocycles. The van der Waals surface area contributed by atoms with Gasteiger partial charge in [-0.15, -0.1) is 0 Å². The van der Waals surface area contributed by atoms with Crippen molar-refractivity contribution in [3.8, 4) is 5.75 Å². The fraction of sp³-hybridized carbons (Fsp3) is 0.696. The van der Waals surface area contributed by atoms with Gasteiger partial charge in [0.25, 0.3) is 0 Å². The zero-order valence-electron chi connectivity index (χ0n) is 17.9. The lowest BCUT2D eigenvalue weighted by Crippen LogP contribution is -2.43. The molecule has 1 fully saturated rings. The highest BCUT2D eigenvalue weighted by Gasteiger charge is 2.40. The summed E-state index contributed by atoms with van der Waals surface area (Å²) >= 11 is 0. The Morgan fingerprint density at radius 2 is 1.89 bits per heavy atom. The second kappa shape index (κ2) is 12.8. The van der Waals surface area contributed by atoms with E-state index in [-0.39, 0.29) is 11.7 Å². The molecular weight excluding hydrogens is 354 g/mol. The molecular formula is C23H39NO4. The molecule has 3 N–H and O–H groups in total. The number of rotatable bonds is 9. The number of carboxylic acid groups (broad SMARTS) is 1. The molecule has 0 aliphatic heterocycles. The first kappa shape index (κ1) is 24.4. The Labute approximate surface area is 170 Å². The first-order chi connectivity index (χ1) is 13.3. The fourth-order valence-electron chi connectivity index (χ4n) is 3.95. The van der Waals surface area contributed by atoms with Crippen molar-refractivity contribution in [2.24, 2.45) is 5.92 Å². The van der Waals surface area contributed by atoms with Gasteiger partial charge in [-0.05, 0) is 51.1 Å². The number of phenolic OH excluding ortho intramolecular Hbond substituents is 1. The smallest absolute Gasteiger partial charge is 0.303 e. The van der Waals surface area contributed by atoms with Crippen LogP contribution in [0.1, 0.15) is 76.7 Å². The second-order valence-corrected chi connectivity index (χ2v) is 8.24. The number of carboxylic acids is 1. The standard InChI is InChI=1S/C15H23NO2.C8H16O2/c1-16(2)11-13-6-3-4-9-15(13,18)12-7-5-8-14(17)10-12;1-2-3-4-5-6-7-8(9)10/h5,7-8,10,13,17-18H,3-4,6,9,11H2,1-2H3;2-7H2,1H3,(H,9,10). The molecule has 2 rings (SSSR count). The van der Waals surface area contributed by atoms with Gasteiger partial charge in [-0.3, -0.25) is 4.79 Å². The van der Waals surface area contributed by atoms with Crippen molar-refractivity contribution in [1.82, 2.24) is 4.90 Å². The summed E-state index contributed by atoms with van der Waals surface area (Å²) in [6.07, 6.45) is 9.95. The van der Waals surface area contributed by atoms with Crippen molar-refractivity contribution >= 4 is 5.97 Å². The molecule has 0 saturated heterocycles. The molecule has 1 aliphatic carbocycles. The van der Waals surface area contributed by atoms with Gasteiger partial charge in [-0.2, -0.15) is 0 Å². The highest BCUT2D eigenvalue weighted by atomic mass is 16.4. The average Bonchev–Trinajstić information content (AvgIpc) is 2.63. The van der Waals surface area contributed by atoms with Gasteiger partial charge in [0.2, 0.25) is 0 Å². The number of aliphatic hydroxyl groups is 1. The Morgan fingerprint density at radius 1 is 1.18 bits per heavy atom. The molecule has 160 valence electrons. The molecule has 0 radical (unpaired) electrons. The quantitative estimate of drug-likeness (QED) is 0.527. The summed E-state index contributed by atoms with van der Waals surface area (Å²) < 4.78 is 0. The normalized spacial score (nSPS) is 21.8. The lowest BCUT2D eigenvalue weighted by molar-refractivity contribution is -0.137. The molecule has 1 saturated carbocycles. The molecule has 5 nitrogen and oxygen atoms in total. The number of nitrogens with zero attached hydrogens (tertiary/aromatic N) is 1. The summed E-state index contributed by atoms with van der Waals surface area (Å²) in [5.41, 5.74) is 0.0652. The summed E-state index contributed by atoms with van der Waals surface area (Å²) in [4.78, 5) is 12.2. The maximum absolute atomic E-state index is 11.0. The number of aromatic hydroxyl groups is 1. The third-order valence-electron chi connectivity index (χ3n) is 5.46. The third-order valence-corrected chi connectivity index (χ3v) is 5.46. The minimum Gasteiger partial charge on any atom is -0.508 e. The largest absolute Gasteiger partial charge is 0.508 e. The molecule has 0 bridgehead atoms. The monoisotopic (exact) mass is 393 g/mol. The maximum atomic E-state index is 11.0. The van der Waals surface area contributed by atoms with Gasteiger partial charge in [0, 0.05) is 18.9 Å². The van der Waals surface area contributed by atoms with Gasteiger partial charge in [0.15, 0.2) is 0 Å². The van der Waals surface area contributed by atoms with Crippen molar-refractivity contribution < 1.29 is 20.1 Å². The summed E-state index contributed by atoms with van der Waals surface area (Å²) in [5, 5.41) is 28.9. The Kier molecular flexibility index (Phi) is 11.2. The van der Waals surface area contributed by atoms with Crippen LogP contribution in [0.15, 0.2) is 24.3 Å². The number of carbonyl (C=O) groups is 1. The topological polar surface area (TPSA) is 81.0 Å². The van der Waals surface area contributed by atoms with E-state index in [4.69, 9.17) is 5.11 Å². The Balaban J connectivity index is 0.000000336. The van der Waals surface area contributed by atoms with E-state index in [1.54, 1.807) is 12.1 Å². The van der Waals surface area contributed by atoms with Crippen LogP contribution in [0.2, 0.25) is 0 Å². The summed E-state index contributed by atoms with van der Waals surface area (Å²) in [5.74, 6) is -0.199. The van der Waals surface area contributed by atoms with Crippen LogP contribution in [0.5, 0.6) is 5.75 Å². The van der Waals surface area contributed by atoms with E-state index in [0.717, 1.165) is 44.2 Å². The molecule has 0 heterocycles. The molecule has 1 aromatic carbocycles. The number of unbranched alkanes of at least 4 members (excludes halogenated alkanes) is 4. The molecule has 1 aromatic rings. The Morgan fingerprint density at radius 3 is 2.50 bits per heavy atom. The SMILES string of the molecule is CCCCCCCC(=O)O.CN(C)CC1CCCCC1(O)c1cccc(O)c1. The fourth-order valence-corrected chi connectivity index (χ4v) is 3.95. The third kappa shape index (κ3) is 8.61. The van der Waals surface area contributed by atoms with Gasteiger partial charge in [-0.1, -0.05) is 57.6 Å². The van der Waals surface area contributed by atoms with E-state index in [1.807, 2.05) is 26.2 Å². The number of aliphatic carboxylic acids is 1. The van der Waals surface area contributed by atoms with Crippen LogP contribution in [0.3, 0.4) is 0 Å². The summed E-state index contributed by atoms with van der Waals surface area (Å²) in [7, 11) is 4.08. The Hall–Kier alpha value is -1.59. The van der Waals surface area contributed by atoms with Crippen molar-refractivity contribution in [3.05, 3.63) is 29.8 Å². The summed E-state index contributed by atoms with van der Waals surface area (Å²) in [6, 6.07) is 7.09. The number of phenols is 1. The van der Waals surface area contributed by atoms with Crippen molar-refractivity contribution in [2.75, 3.05) is 20.6 Å². The maximum Gasteiger partial charge on any atom is 0.303 e. The lowest BCUT2D eigenvalue weighted by Gasteiger charge is -2.41. The van der Waals surface area contributed by atoms with E-state index in [0.29, 0.717) is 6.42 Å². The summed E-state index contributed by atoms with van der Waals surface area (Å²) in [6.45, 7) is 3.03. The van der Waals surface area contributed by atoms with E-state index in [9.17, 15) is 15.0 Å². The van der Waals surface area contributed by atoms with E-state index < -0.39 is 11.6 Å². The van der Waals surface area contributed by atoms with Gasteiger partial charge in [0.1, 0.15) is 5.75 Å². The van der Waals surface area contributed by atoms with E-state index in [2.05, 4.69) is 11.8 Å². The van der Waals surface area contributed by atoms with Gasteiger partial charge >= 0.3 is 5.97 Å². The molecule has 1 aliphatic rings. The van der Waals surface area contributed by atoms with Crippen LogP contribution in [0.4, 0.5) is 0 Å². The van der Waals surface area contributed by atoms with Gasteiger partial charge in [0.05, 0.1) is 5.60 Å². The van der Waals surface area contributed by atoms with Crippen molar-refractivity contribution in [2.45, 2.75) is 76.7 Å². The van der Waals surface area contributed by atoms with Crippen LogP contribution in [-0.2, 0) is 10.4 Å². The molecule has 0 amide bonds. The van der Waals surface area contributed by atoms with Gasteiger partial charge in [-0.25, -0.2) is 0 Å². The van der Waals surface area contributed by atoms with E-state index in [1.165, 1.54) is 25.7 Å². The van der Waals surface area contributed by atoms with Crippen LogP contribution in [0.25, 0.3) is 0 Å². The van der Waals surface area contributed by atoms with E-state index >= 15 is 0 Å². The van der Waals surface area contributed by atoms with Crippen LogP contribution >= 0.6 is 0 Å². The van der Waals surface area contributed by atoms with Crippen LogP contribution in [0, 0.1) is 5.92 Å². The lowest BCUT2D eigenvalue weighted by atomic mass is 9.71. The zero-order valence-corrected chi connectivity index (χ0v) is 17.9. The first-order valence-electron chi connectivity index (χ1n) is 10.7. The molecule has 2 unspecified atom stereocenters. The molecule has 0 spiro atoms. The number of hydrogen-bond acceptors (Lipinski definition) is 4. The second-order valence-electron chi connectivity index (χ2n) is 8.24. The highest BCUT2D eigenvalue weighted by molar-refractivity contribution is 5.66. The predicted molar refractivity (Wildman–Crippen MR) is 114 cm³/mol. The molecule has 5 heteroatoms. The van der Waals surface area contributed by atoms with Crippen LogP contribution < -0.4 is 0 Å². The number of hydrogen-bond donors (Lipinski definition) is 3. The minimum absolute atomic E-state index is 0.232. The van der Waals surface area contributed by atoms with Gasteiger partial charge < -0.3 is 20.2 Å². The predicted octanol–water partition coefficient (Wildman–Crippen LogP) is 4.76. The average molecular weight is 394 g/mol.